The highest BCUT2D eigenvalue weighted by molar-refractivity contribution is 7.91. The average Bonchev–Trinajstić information content (AvgIpc) is 3.34. The maximum Gasteiger partial charge on any atom is 0.250 e. The van der Waals surface area contributed by atoms with Crippen LogP contribution in [0.2, 0.25) is 0 Å². The molecule has 3 aromatic carbocycles. The smallest absolute Gasteiger partial charge is 0.250 e. The Hall–Kier alpha value is -4.10. The first-order valence-electron chi connectivity index (χ1n) is 12.5. The number of alkyl halides is 1. The number of carbonyl (C=O) groups is 1. The molecular weight excluding hydrogens is 545 g/mol. The first-order chi connectivity index (χ1) is 19.1. The summed E-state index contributed by atoms with van der Waals surface area (Å²) in [6, 6.07) is 9.58. The number of nitrogens with zero attached hydrogens (tertiary/aromatic N) is 3. The second-order valence-electron chi connectivity index (χ2n) is 9.54. The van der Waals surface area contributed by atoms with Gasteiger partial charge in [0, 0.05) is 49.9 Å². The van der Waals surface area contributed by atoms with Crippen molar-refractivity contribution in [2.75, 3.05) is 56.7 Å². The van der Waals surface area contributed by atoms with Gasteiger partial charge in [-0.2, -0.15) is 5.10 Å². The topological polar surface area (TPSA) is 124 Å². The average molecular weight is 573 g/mol. The van der Waals surface area contributed by atoms with Crippen molar-refractivity contribution in [3.63, 3.8) is 0 Å². The standard InChI is InChI=1S/C27H27F3N6O3S/c1-35-8-10-36(11-9-35)23-5-3-20(27(31)37)25(32-7-6-28)24(23)26-21-15-18(2-4-22(21)33-34-26)40(38,39)19-13-16(29)12-17(30)14-19/h2-5,12-15,32H,6-11H2,1H3,(H2,31,37)(H,33,34). The maximum atomic E-state index is 13.9. The van der Waals surface area contributed by atoms with Crippen molar-refractivity contribution in [1.82, 2.24) is 15.1 Å². The number of benzene rings is 3. The zero-order chi connectivity index (χ0) is 28.6. The molecule has 0 saturated carbocycles. The quantitative estimate of drug-likeness (QED) is 0.295. The van der Waals surface area contributed by atoms with Gasteiger partial charge in [0.05, 0.1) is 32.1 Å². The Morgan fingerprint density at radius 2 is 1.73 bits per heavy atom. The summed E-state index contributed by atoms with van der Waals surface area (Å²) >= 11 is 0. The first-order valence-corrected chi connectivity index (χ1v) is 14.0. The fraction of sp³-hybridized carbons (Fsp3) is 0.259. The van der Waals surface area contributed by atoms with Gasteiger partial charge in [-0.25, -0.2) is 21.6 Å². The molecule has 0 radical (unpaired) electrons. The van der Waals surface area contributed by atoms with Crippen molar-refractivity contribution in [2.45, 2.75) is 9.79 Å². The van der Waals surface area contributed by atoms with E-state index < -0.39 is 38.9 Å². The van der Waals surface area contributed by atoms with Gasteiger partial charge >= 0.3 is 0 Å². The number of halogens is 3. The summed E-state index contributed by atoms with van der Waals surface area (Å²) in [5.41, 5.74) is 8.00. The van der Waals surface area contributed by atoms with E-state index in [9.17, 15) is 26.4 Å². The van der Waals surface area contributed by atoms with Crippen LogP contribution < -0.4 is 16.0 Å². The van der Waals surface area contributed by atoms with E-state index in [1.807, 2.05) is 7.05 Å². The minimum Gasteiger partial charge on any atom is -0.381 e. The van der Waals surface area contributed by atoms with E-state index in [-0.39, 0.29) is 22.7 Å². The van der Waals surface area contributed by atoms with Gasteiger partial charge in [-0.05, 0) is 49.5 Å². The minimum atomic E-state index is -4.31. The third-order valence-corrected chi connectivity index (χ3v) is 8.65. The van der Waals surface area contributed by atoms with Crippen molar-refractivity contribution in [3.8, 4) is 11.3 Å². The lowest BCUT2D eigenvalue weighted by Crippen LogP contribution is -2.44. The summed E-state index contributed by atoms with van der Waals surface area (Å²) in [5, 5.41) is 10.7. The van der Waals surface area contributed by atoms with Crippen LogP contribution in [0.5, 0.6) is 0 Å². The third-order valence-electron chi connectivity index (χ3n) is 6.92. The number of hydrogen-bond donors (Lipinski definition) is 3. The lowest BCUT2D eigenvalue weighted by atomic mass is 9.97. The molecule has 0 unspecified atom stereocenters. The Labute approximate surface area is 228 Å². The van der Waals surface area contributed by atoms with Crippen LogP contribution in [-0.2, 0) is 9.84 Å². The maximum absolute atomic E-state index is 13.9. The van der Waals surface area contributed by atoms with Crippen LogP contribution >= 0.6 is 0 Å². The van der Waals surface area contributed by atoms with Crippen molar-refractivity contribution in [3.05, 3.63) is 65.7 Å². The number of nitrogens with two attached hydrogens (primary N) is 1. The predicted octanol–water partition coefficient (Wildman–Crippen LogP) is 3.57. The number of fused-ring (bicyclic) bond motifs is 1. The highest BCUT2D eigenvalue weighted by Gasteiger charge is 2.27. The van der Waals surface area contributed by atoms with E-state index in [1.54, 1.807) is 12.1 Å². The van der Waals surface area contributed by atoms with Gasteiger partial charge in [-0.3, -0.25) is 9.89 Å². The Morgan fingerprint density at radius 3 is 2.38 bits per heavy atom. The van der Waals surface area contributed by atoms with Crippen molar-refractivity contribution in [1.29, 1.82) is 0 Å². The number of nitrogens with one attached hydrogen (secondary N) is 2. The van der Waals surface area contributed by atoms with Crippen LogP contribution in [0.3, 0.4) is 0 Å². The molecule has 0 aliphatic carbocycles. The Bertz CT molecular complexity index is 1680. The number of likely N-dealkylation sites (N-methyl/N-ethyl adjacent to an activating group) is 1. The van der Waals surface area contributed by atoms with Crippen molar-refractivity contribution < 1.29 is 26.4 Å². The van der Waals surface area contributed by atoms with E-state index in [0.29, 0.717) is 47.0 Å². The van der Waals surface area contributed by atoms with Crippen LogP contribution in [-0.4, -0.2) is 75.9 Å². The van der Waals surface area contributed by atoms with E-state index in [4.69, 9.17) is 5.73 Å². The fourth-order valence-corrected chi connectivity index (χ4v) is 6.20. The van der Waals surface area contributed by atoms with Gasteiger partial charge in [0.2, 0.25) is 9.84 Å². The summed E-state index contributed by atoms with van der Waals surface area (Å²) in [6.07, 6.45) is 0. The monoisotopic (exact) mass is 572 g/mol. The molecule has 1 saturated heterocycles. The molecule has 4 N–H and O–H groups in total. The molecule has 9 nitrogen and oxygen atoms in total. The van der Waals surface area contributed by atoms with Crippen LogP contribution in [0, 0.1) is 11.6 Å². The molecule has 4 aromatic rings. The molecule has 0 atom stereocenters. The highest BCUT2D eigenvalue weighted by atomic mass is 32.2. The highest BCUT2D eigenvalue weighted by Crippen LogP contribution is 2.42. The normalized spacial score (nSPS) is 14.6. The van der Waals surface area contributed by atoms with Crippen LogP contribution in [0.25, 0.3) is 22.2 Å². The van der Waals surface area contributed by atoms with Crippen LogP contribution in [0.1, 0.15) is 10.4 Å². The predicted molar refractivity (Wildman–Crippen MR) is 146 cm³/mol. The number of hydrogen-bond acceptors (Lipinski definition) is 7. The summed E-state index contributed by atoms with van der Waals surface area (Å²) in [4.78, 5) is 15.9. The van der Waals surface area contributed by atoms with E-state index in [1.165, 1.54) is 18.2 Å². The van der Waals surface area contributed by atoms with E-state index in [2.05, 4.69) is 25.3 Å². The van der Waals surface area contributed by atoms with Crippen molar-refractivity contribution in [2.24, 2.45) is 5.73 Å². The number of anilines is 2. The number of rotatable bonds is 8. The largest absolute Gasteiger partial charge is 0.381 e. The Kier molecular flexibility index (Phi) is 7.43. The number of aromatic amines is 1. The zero-order valence-corrected chi connectivity index (χ0v) is 22.4. The number of H-pyrrole nitrogens is 1. The zero-order valence-electron chi connectivity index (χ0n) is 21.5. The molecule has 1 amide bonds. The van der Waals surface area contributed by atoms with E-state index >= 15 is 0 Å². The molecule has 1 aliphatic rings. The fourth-order valence-electron chi connectivity index (χ4n) is 4.87. The SMILES string of the molecule is CN1CCN(c2ccc(C(N)=O)c(NCCF)c2-c2n[nH]c3ccc(S(=O)(=O)c4cc(F)cc(F)c4)cc23)CC1. The molecule has 40 heavy (non-hydrogen) atoms. The first kappa shape index (κ1) is 27.5. The molecule has 1 aromatic heterocycles. The van der Waals surface area contributed by atoms with Crippen LogP contribution in [0.15, 0.2) is 58.3 Å². The van der Waals surface area contributed by atoms with E-state index in [0.717, 1.165) is 25.2 Å². The number of sulfone groups is 1. The summed E-state index contributed by atoms with van der Waals surface area (Å²) in [6.45, 7) is 2.05. The summed E-state index contributed by atoms with van der Waals surface area (Å²) in [7, 11) is -2.30. The third kappa shape index (κ3) is 5.09. The molecule has 210 valence electrons. The van der Waals surface area contributed by atoms with Gasteiger partial charge < -0.3 is 20.9 Å². The number of piperazine rings is 1. The molecule has 2 heterocycles. The molecule has 1 fully saturated rings. The molecule has 1 aliphatic heterocycles. The Balaban J connectivity index is 1.74. The second-order valence-corrected chi connectivity index (χ2v) is 11.5. The van der Waals surface area contributed by atoms with Gasteiger partial charge in [-0.15, -0.1) is 0 Å². The molecule has 0 bridgehead atoms. The second kappa shape index (κ2) is 10.8. The molecule has 0 spiro atoms. The number of amides is 1. The van der Waals surface area contributed by atoms with Crippen molar-refractivity contribution >= 4 is 38.0 Å². The minimum absolute atomic E-state index is 0.105. The van der Waals surface area contributed by atoms with Gasteiger partial charge in [0.1, 0.15) is 24.0 Å². The summed E-state index contributed by atoms with van der Waals surface area (Å²) in [5.74, 6) is -2.77. The van der Waals surface area contributed by atoms with Crippen LogP contribution in [0.4, 0.5) is 24.5 Å². The lowest BCUT2D eigenvalue weighted by Gasteiger charge is -2.35. The lowest BCUT2D eigenvalue weighted by molar-refractivity contribution is 0.100. The number of aromatic nitrogens is 2. The summed E-state index contributed by atoms with van der Waals surface area (Å²) < 4.78 is 67.7. The van der Waals surface area contributed by atoms with Gasteiger partial charge in [0.25, 0.3) is 5.91 Å². The molecule has 5 rings (SSSR count). The van der Waals surface area contributed by atoms with Gasteiger partial charge in [-0.1, -0.05) is 0 Å². The Morgan fingerprint density at radius 1 is 1.02 bits per heavy atom. The number of primary amides is 1. The molecular formula is C27H27F3N6O3S. The molecule has 13 heteroatoms. The number of carbonyl (C=O) groups excluding carboxylic acids is 1. The van der Waals surface area contributed by atoms with Gasteiger partial charge in [0.15, 0.2) is 0 Å².